The lowest BCUT2D eigenvalue weighted by Crippen LogP contribution is -2.11. The summed E-state index contributed by atoms with van der Waals surface area (Å²) in [7, 11) is 0. The molecule has 0 aromatic carbocycles. The van der Waals surface area contributed by atoms with Gasteiger partial charge in [0, 0.05) is 24.2 Å². The van der Waals surface area contributed by atoms with E-state index in [1.165, 1.54) is 6.20 Å². The topological polar surface area (TPSA) is 25.2 Å². The Hall–Kier alpha value is -1.39. The summed E-state index contributed by atoms with van der Waals surface area (Å²) in [6.45, 7) is -1.15. The first-order valence-electron chi connectivity index (χ1n) is 3.54. The quantitative estimate of drug-likeness (QED) is 0.652. The molecule has 0 unspecified atom stereocenters. The van der Waals surface area contributed by atoms with Crippen molar-refractivity contribution < 1.29 is 13.2 Å². The van der Waals surface area contributed by atoms with Crippen molar-refractivity contribution in [3.63, 3.8) is 0 Å². The van der Waals surface area contributed by atoms with Gasteiger partial charge in [-0.2, -0.15) is 13.2 Å². The van der Waals surface area contributed by atoms with Gasteiger partial charge < -0.3 is 0 Å². The molecule has 0 fully saturated rings. The molecule has 70 valence electrons. The number of nitrogens with zero attached hydrogens (tertiary/aromatic N) is 2. The summed E-state index contributed by atoms with van der Waals surface area (Å²) in [5, 5.41) is 0. The molecule has 0 aliphatic carbocycles. The highest BCUT2D eigenvalue weighted by atomic mass is 19.4. The Labute approximate surface area is 73.1 Å². The highest BCUT2D eigenvalue weighted by molar-refractivity contribution is 5.78. The molecule has 1 aromatic heterocycles. The third kappa shape index (κ3) is 4.25. The summed E-state index contributed by atoms with van der Waals surface area (Å²) in [6, 6.07) is 3.27. The zero-order valence-corrected chi connectivity index (χ0v) is 6.62. The van der Waals surface area contributed by atoms with Gasteiger partial charge in [-0.3, -0.25) is 9.98 Å². The third-order valence-corrected chi connectivity index (χ3v) is 1.20. The second-order valence-electron chi connectivity index (χ2n) is 2.37. The van der Waals surface area contributed by atoms with Gasteiger partial charge in [-0.05, 0) is 6.07 Å². The van der Waals surface area contributed by atoms with Crippen LogP contribution in [-0.2, 0) is 0 Å². The Morgan fingerprint density at radius 2 is 2.23 bits per heavy atom. The Morgan fingerprint density at radius 1 is 1.46 bits per heavy atom. The zero-order chi connectivity index (χ0) is 9.73. The van der Waals surface area contributed by atoms with E-state index in [4.69, 9.17) is 0 Å². The summed E-state index contributed by atoms with van der Waals surface area (Å²) in [6.07, 6.45) is -0.0971. The van der Waals surface area contributed by atoms with Crippen LogP contribution >= 0.6 is 0 Å². The van der Waals surface area contributed by atoms with E-state index in [-0.39, 0.29) is 0 Å². The van der Waals surface area contributed by atoms with Crippen LogP contribution in [0.15, 0.2) is 29.5 Å². The molecule has 0 atom stereocenters. The standard InChI is InChI=1S/C8H7F3N2/c9-8(10,11)6-13-5-7-2-1-3-12-4-7/h1-5H,6H2. The van der Waals surface area contributed by atoms with E-state index in [1.807, 2.05) is 0 Å². The van der Waals surface area contributed by atoms with Crippen molar-refractivity contribution in [1.29, 1.82) is 0 Å². The summed E-state index contributed by atoms with van der Waals surface area (Å²) < 4.78 is 34.9. The number of rotatable bonds is 2. The highest BCUT2D eigenvalue weighted by Crippen LogP contribution is 2.14. The van der Waals surface area contributed by atoms with E-state index >= 15 is 0 Å². The second kappa shape index (κ2) is 4.02. The first-order valence-corrected chi connectivity index (χ1v) is 3.54. The number of aromatic nitrogens is 1. The predicted molar refractivity (Wildman–Crippen MR) is 42.8 cm³/mol. The minimum absolute atomic E-state index is 0.562. The van der Waals surface area contributed by atoms with Crippen LogP contribution in [0.4, 0.5) is 13.2 Å². The maximum atomic E-state index is 11.6. The van der Waals surface area contributed by atoms with Gasteiger partial charge in [0.05, 0.1) is 0 Å². The minimum atomic E-state index is -4.24. The first-order chi connectivity index (χ1) is 6.08. The summed E-state index contributed by atoms with van der Waals surface area (Å²) >= 11 is 0. The molecule has 0 aliphatic heterocycles. The molecule has 0 amide bonds. The van der Waals surface area contributed by atoms with Gasteiger partial charge in [0.1, 0.15) is 6.54 Å². The molecule has 0 saturated carbocycles. The van der Waals surface area contributed by atoms with Crippen LogP contribution in [0.25, 0.3) is 0 Å². The maximum absolute atomic E-state index is 11.6. The molecule has 1 aromatic rings. The Kier molecular flexibility index (Phi) is 3.00. The predicted octanol–water partition coefficient (Wildman–Crippen LogP) is 2.06. The third-order valence-electron chi connectivity index (χ3n) is 1.20. The fourth-order valence-corrected chi connectivity index (χ4v) is 0.707. The normalized spacial score (nSPS) is 12.2. The SMILES string of the molecule is FC(F)(F)CN=Cc1cccnc1. The fourth-order valence-electron chi connectivity index (χ4n) is 0.707. The van der Waals surface area contributed by atoms with Gasteiger partial charge >= 0.3 is 6.18 Å². The van der Waals surface area contributed by atoms with Crippen molar-refractivity contribution in [1.82, 2.24) is 4.98 Å². The highest BCUT2D eigenvalue weighted by Gasteiger charge is 2.25. The van der Waals surface area contributed by atoms with Gasteiger partial charge in [0.15, 0.2) is 0 Å². The maximum Gasteiger partial charge on any atom is 0.407 e. The van der Waals surface area contributed by atoms with Gasteiger partial charge in [-0.15, -0.1) is 0 Å². The van der Waals surface area contributed by atoms with Crippen LogP contribution < -0.4 is 0 Å². The van der Waals surface area contributed by atoms with Crippen molar-refractivity contribution in [3.05, 3.63) is 30.1 Å². The van der Waals surface area contributed by atoms with Crippen LogP contribution in [0, 0.1) is 0 Å². The van der Waals surface area contributed by atoms with E-state index in [2.05, 4.69) is 9.98 Å². The van der Waals surface area contributed by atoms with Gasteiger partial charge in [-0.1, -0.05) is 6.07 Å². The van der Waals surface area contributed by atoms with Gasteiger partial charge in [0.25, 0.3) is 0 Å². The molecule has 0 radical (unpaired) electrons. The van der Waals surface area contributed by atoms with Crippen LogP contribution in [0.1, 0.15) is 5.56 Å². The Morgan fingerprint density at radius 3 is 2.77 bits per heavy atom. The monoisotopic (exact) mass is 188 g/mol. The van der Waals surface area contributed by atoms with Crippen molar-refractivity contribution in [2.24, 2.45) is 4.99 Å². The van der Waals surface area contributed by atoms with Crippen LogP contribution in [0.2, 0.25) is 0 Å². The number of aliphatic imine (C=N–C) groups is 1. The van der Waals surface area contributed by atoms with Gasteiger partial charge in [-0.25, -0.2) is 0 Å². The lowest BCUT2D eigenvalue weighted by molar-refractivity contribution is -0.118. The van der Waals surface area contributed by atoms with Crippen molar-refractivity contribution >= 4 is 6.21 Å². The molecule has 0 spiro atoms. The van der Waals surface area contributed by atoms with E-state index in [9.17, 15) is 13.2 Å². The summed E-state index contributed by atoms with van der Waals surface area (Å²) in [4.78, 5) is 6.95. The van der Waals surface area contributed by atoms with E-state index in [1.54, 1.807) is 18.3 Å². The molecule has 5 heteroatoms. The number of alkyl halides is 3. The first kappa shape index (κ1) is 9.70. The number of hydrogen-bond donors (Lipinski definition) is 0. The van der Waals surface area contributed by atoms with Crippen molar-refractivity contribution in [3.8, 4) is 0 Å². The molecular formula is C8H7F3N2. The molecule has 0 aliphatic rings. The Balaban J connectivity index is 2.51. The largest absolute Gasteiger partial charge is 0.407 e. The second-order valence-corrected chi connectivity index (χ2v) is 2.37. The van der Waals surface area contributed by atoms with Crippen LogP contribution in [0.5, 0.6) is 0 Å². The van der Waals surface area contributed by atoms with E-state index < -0.39 is 12.7 Å². The van der Waals surface area contributed by atoms with Crippen molar-refractivity contribution in [2.75, 3.05) is 6.54 Å². The molecule has 2 nitrogen and oxygen atoms in total. The average molecular weight is 188 g/mol. The molecule has 0 bridgehead atoms. The fraction of sp³-hybridized carbons (Fsp3) is 0.250. The molecule has 0 saturated heterocycles. The van der Waals surface area contributed by atoms with Crippen LogP contribution in [0.3, 0.4) is 0 Å². The Bertz CT molecular complexity index is 279. The zero-order valence-electron chi connectivity index (χ0n) is 6.62. The molecule has 13 heavy (non-hydrogen) atoms. The summed E-state index contributed by atoms with van der Waals surface area (Å²) in [5.74, 6) is 0. The van der Waals surface area contributed by atoms with Crippen molar-refractivity contribution in [2.45, 2.75) is 6.18 Å². The molecule has 1 heterocycles. The average Bonchev–Trinajstić information content (AvgIpc) is 2.04. The van der Waals surface area contributed by atoms with E-state index in [0.29, 0.717) is 5.56 Å². The molecular weight excluding hydrogens is 181 g/mol. The lowest BCUT2D eigenvalue weighted by atomic mass is 10.3. The minimum Gasteiger partial charge on any atom is -0.283 e. The number of hydrogen-bond acceptors (Lipinski definition) is 2. The number of pyridine rings is 1. The molecule has 1 rings (SSSR count). The molecule has 0 N–H and O–H groups in total. The lowest BCUT2D eigenvalue weighted by Gasteiger charge is -1.99. The summed E-state index contributed by atoms with van der Waals surface area (Å²) in [5.41, 5.74) is 0.562. The smallest absolute Gasteiger partial charge is 0.283 e. The van der Waals surface area contributed by atoms with E-state index in [0.717, 1.165) is 6.21 Å². The van der Waals surface area contributed by atoms with Crippen LogP contribution in [-0.4, -0.2) is 23.9 Å². The number of halogens is 3. The van der Waals surface area contributed by atoms with Gasteiger partial charge in [0.2, 0.25) is 0 Å².